The van der Waals surface area contributed by atoms with Crippen molar-refractivity contribution in [3.63, 3.8) is 0 Å². The Morgan fingerprint density at radius 3 is 1.27 bits per heavy atom. The molecule has 0 bridgehead atoms. The molecular weight excluding hydrogens is 160 g/mol. The molecule has 0 radical (unpaired) electrons. The van der Waals surface area contributed by atoms with Crippen LogP contribution in [0.3, 0.4) is 0 Å². The topological polar surface area (TPSA) is 24.1 Å². The van der Waals surface area contributed by atoms with Gasteiger partial charge in [-0.05, 0) is 24.3 Å². The maximum absolute atomic E-state index is 3.05. The van der Waals surface area contributed by atoms with Crippen LogP contribution in [-0.2, 0) is 0 Å². The molecule has 0 heterocycles. The number of halogens is 1. The van der Waals surface area contributed by atoms with Crippen molar-refractivity contribution >= 4 is 23.8 Å². The molecule has 1 rings (SSSR count). The van der Waals surface area contributed by atoms with E-state index in [0.717, 1.165) is 11.4 Å². The minimum atomic E-state index is 0. The second kappa shape index (κ2) is 4.85. The third-order valence-electron chi connectivity index (χ3n) is 1.46. The van der Waals surface area contributed by atoms with E-state index in [1.54, 1.807) is 0 Å². The molecular formula is C8H13ClN2. The zero-order chi connectivity index (χ0) is 7.40. The summed E-state index contributed by atoms with van der Waals surface area (Å²) in [4.78, 5) is 0. The van der Waals surface area contributed by atoms with Gasteiger partial charge in [0.15, 0.2) is 0 Å². The summed E-state index contributed by atoms with van der Waals surface area (Å²) in [5.74, 6) is 0. The van der Waals surface area contributed by atoms with Gasteiger partial charge in [0.05, 0.1) is 0 Å². The zero-order valence-electron chi connectivity index (χ0n) is 6.72. The van der Waals surface area contributed by atoms with E-state index >= 15 is 0 Å². The molecule has 0 fully saturated rings. The van der Waals surface area contributed by atoms with Crippen molar-refractivity contribution in [2.45, 2.75) is 0 Å². The molecule has 0 saturated carbocycles. The lowest BCUT2D eigenvalue weighted by molar-refractivity contribution is 1.47. The molecule has 0 aliphatic heterocycles. The fourth-order valence-electron chi connectivity index (χ4n) is 0.804. The smallest absolute Gasteiger partial charge is 0.0339 e. The van der Waals surface area contributed by atoms with Crippen molar-refractivity contribution < 1.29 is 0 Å². The highest BCUT2D eigenvalue weighted by atomic mass is 35.5. The van der Waals surface area contributed by atoms with Crippen LogP contribution in [0.2, 0.25) is 0 Å². The Labute approximate surface area is 73.4 Å². The molecule has 0 aromatic heterocycles. The first-order valence-corrected chi connectivity index (χ1v) is 3.32. The summed E-state index contributed by atoms with van der Waals surface area (Å²) in [5.41, 5.74) is 2.28. The van der Waals surface area contributed by atoms with Gasteiger partial charge in [-0.1, -0.05) is 0 Å². The van der Waals surface area contributed by atoms with Crippen molar-refractivity contribution in [2.24, 2.45) is 0 Å². The Kier molecular flexibility index (Phi) is 4.46. The first-order valence-electron chi connectivity index (χ1n) is 3.32. The van der Waals surface area contributed by atoms with Crippen LogP contribution in [0.1, 0.15) is 0 Å². The van der Waals surface area contributed by atoms with E-state index in [-0.39, 0.29) is 12.4 Å². The number of anilines is 2. The summed E-state index contributed by atoms with van der Waals surface area (Å²) in [6.07, 6.45) is 0. The Bertz CT molecular complexity index is 173. The molecule has 0 atom stereocenters. The quantitative estimate of drug-likeness (QED) is 0.715. The Morgan fingerprint density at radius 1 is 0.818 bits per heavy atom. The number of hydrogen-bond acceptors (Lipinski definition) is 2. The molecule has 3 heteroatoms. The average molecular weight is 173 g/mol. The normalized spacial score (nSPS) is 8.18. The Morgan fingerprint density at radius 2 is 1.09 bits per heavy atom. The van der Waals surface area contributed by atoms with Crippen LogP contribution in [0.4, 0.5) is 11.4 Å². The monoisotopic (exact) mass is 172 g/mol. The SMILES string of the molecule is CNc1ccc(NC)cc1.Cl. The van der Waals surface area contributed by atoms with Gasteiger partial charge in [0.2, 0.25) is 0 Å². The van der Waals surface area contributed by atoms with Gasteiger partial charge in [0, 0.05) is 25.5 Å². The van der Waals surface area contributed by atoms with E-state index in [0.29, 0.717) is 0 Å². The lowest BCUT2D eigenvalue weighted by Gasteiger charge is -2.01. The zero-order valence-corrected chi connectivity index (χ0v) is 7.53. The van der Waals surface area contributed by atoms with Crippen molar-refractivity contribution in [3.8, 4) is 0 Å². The van der Waals surface area contributed by atoms with Crippen LogP contribution in [0, 0.1) is 0 Å². The highest BCUT2D eigenvalue weighted by molar-refractivity contribution is 5.85. The third-order valence-corrected chi connectivity index (χ3v) is 1.46. The van der Waals surface area contributed by atoms with Gasteiger partial charge in [-0.25, -0.2) is 0 Å². The van der Waals surface area contributed by atoms with Crippen LogP contribution in [-0.4, -0.2) is 14.1 Å². The molecule has 1 aromatic rings. The summed E-state index contributed by atoms with van der Waals surface area (Å²) in [6, 6.07) is 8.13. The number of hydrogen-bond donors (Lipinski definition) is 2. The van der Waals surface area contributed by atoms with Crippen LogP contribution in [0.15, 0.2) is 24.3 Å². The van der Waals surface area contributed by atoms with Crippen molar-refractivity contribution in [2.75, 3.05) is 24.7 Å². The van der Waals surface area contributed by atoms with E-state index in [9.17, 15) is 0 Å². The highest BCUT2D eigenvalue weighted by Crippen LogP contribution is 2.11. The summed E-state index contributed by atoms with van der Waals surface area (Å²) in [5, 5.41) is 6.10. The van der Waals surface area contributed by atoms with Crippen molar-refractivity contribution in [1.82, 2.24) is 0 Å². The highest BCUT2D eigenvalue weighted by Gasteiger charge is 1.86. The molecule has 1 aromatic carbocycles. The predicted octanol–water partition coefficient (Wildman–Crippen LogP) is 2.19. The maximum atomic E-state index is 3.05. The maximum Gasteiger partial charge on any atom is 0.0339 e. The lowest BCUT2D eigenvalue weighted by atomic mass is 10.3. The molecule has 62 valence electrons. The van der Waals surface area contributed by atoms with Gasteiger partial charge < -0.3 is 10.6 Å². The van der Waals surface area contributed by atoms with E-state index < -0.39 is 0 Å². The molecule has 11 heavy (non-hydrogen) atoms. The fraction of sp³-hybridized carbons (Fsp3) is 0.250. The van der Waals surface area contributed by atoms with E-state index in [1.807, 2.05) is 38.4 Å². The van der Waals surface area contributed by atoms with Crippen LogP contribution in [0.25, 0.3) is 0 Å². The summed E-state index contributed by atoms with van der Waals surface area (Å²) in [6.45, 7) is 0. The van der Waals surface area contributed by atoms with Gasteiger partial charge in [0.1, 0.15) is 0 Å². The van der Waals surface area contributed by atoms with Crippen LogP contribution >= 0.6 is 12.4 Å². The predicted molar refractivity (Wildman–Crippen MR) is 52.8 cm³/mol. The number of benzene rings is 1. The summed E-state index contributed by atoms with van der Waals surface area (Å²) in [7, 11) is 3.82. The molecule has 0 unspecified atom stereocenters. The van der Waals surface area contributed by atoms with Crippen molar-refractivity contribution in [1.29, 1.82) is 0 Å². The molecule has 2 nitrogen and oxygen atoms in total. The molecule has 0 amide bonds. The largest absolute Gasteiger partial charge is 0.388 e. The van der Waals surface area contributed by atoms with E-state index in [4.69, 9.17) is 0 Å². The minimum absolute atomic E-state index is 0. The van der Waals surface area contributed by atoms with Gasteiger partial charge in [0.25, 0.3) is 0 Å². The summed E-state index contributed by atoms with van der Waals surface area (Å²) < 4.78 is 0. The number of nitrogens with one attached hydrogen (secondary N) is 2. The fourth-order valence-corrected chi connectivity index (χ4v) is 0.804. The first kappa shape index (κ1) is 10.1. The van der Waals surface area contributed by atoms with Gasteiger partial charge >= 0.3 is 0 Å². The van der Waals surface area contributed by atoms with E-state index in [2.05, 4.69) is 10.6 Å². The van der Waals surface area contributed by atoms with E-state index in [1.165, 1.54) is 0 Å². The second-order valence-electron chi connectivity index (χ2n) is 2.08. The van der Waals surface area contributed by atoms with Crippen LogP contribution < -0.4 is 10.6 Å². The Balaban J connectivity index is 0.000001000. The van der Waals surface area contributed by atoms with Crippen molar-refractivity contribution in [3.05, 3.63) is 24.3 Å². The second-order valence-corrected chi connectivity index (χ2v) is 2.08. The van der Waals surface area contributed by atoms with Crippen LogP contribution in [0.5, 0.6) is 0 Å². The minimum Gasteiger partial charge on any atom is -0.388 e. The first-order chi connectivity index (χ1) is 4.86. The molecule has 0 spiro atoms. The average Bonchev–Trinajstić information content (AvgIpc) is 2.05. The van der Waals surface area contributed by atoms with Gasteiger partial charge in [-0.15, -0.1) is 12.4 Å². The molecule has 0 aliphatic carbocycles. The standard InChI is InChI=1S/C8H12N2.ClH/c1-9-7-3-5-8(10-2)6-4-7;/h3-6,9-10H,1-2H3;1H. The lowest BCUT2D eigenvalue weighted by Crippen LogP contribution is -1.89. The molecule has 0 aliphatic rings. The van der Waals surface area contributed by atoms with Gasteiger partial charge in [-0.2, -0.15) is 0 Å². The third kappa shape index (κ3) is 2.68. The molecule has 0 saturated heterocycles. The Hall–Kier alpha value is -0.890. The number of rotatable bonds is 2. The molecule has 2 N–H and O–H groups in total. The summed E-state index contributed by atoms with van der Waals surface area (Å²) >= 11 is 0. The van der Waals surface area contributed by atoms with Gasteiger partial charge in [-0.3, -0.25) is 0 Å².